The molecule has 1 aliphatic heterocycles. The van der Waals surface area contributed by atoms with Gasteiger partial charge in [0, 0.05) is 54.1 Å². The normalized spacial score (nSPS) is 14.7. The quantitative estimate of drug-likeness (QED) is 0.460. The van der Waals surface area contributed by atoms with E-state index in [4.69, 9.17) is 9.72 Å². The van der Waals surface area contributed by atoms with Gasteiger partial charge in [0.15, 0.2) is 0 Å². The first kappa shape index (κ1) is 24.4. The topological polar surface area (TPSA) is 66.5 Å². The van der Waals surface area contributed by atoms with Crippen LogP contribution in [0.1, 0.15) is 36.9 Å². The number of pyridine rings is 1. The van der Waals surface area contributed by atoms with E-state index in [1.165, 1.54) is 4.88 Å². The summed E-state index contributed by atoms with van der Waals surface area (Å²) in [6.45, 7) is 13.2. The number of urea groups is 1. The summed E-state index contributed by atoms with van der Waals surface area (Å²) >= 11 is 1.61. The summed E-state index contributed by atoms with van der Waals surface area (Å²) < 4.78 is 5.42. The van der Waals surface area contributed by atoms with Crippen LogP contribution >= 0.6 is 11.3 Å². The molecule has 3 heterocycles. The van der Waals surface area contributed by atoms with Crippen molar-refractivity contribution in [3.8, 4) is 11.1 Å². The minimum absolute atomic E-state index is 0.0685. The lowest BCUT2D eigenvalue weighted by atomic mass is 9.95. The fourth-order valence-electron chi connectivity index (χ4n) is 3.92. The first-order valence-corrected chi connectivity index (χ1v) is 12.6. The molecule has 1 aliphatic rings. The van der Waals surface area contributed by atoms with E-state index in [9.17, 15) is 4.79 Å². The van der Waals surface area contributed by atoms with Crippen molar-refractivity contribution in [2.75, 3.05) is 43.5 Å². The number of anilines is 2. The third kappa shape index (κ3) is 6.44. The molecule has 0 saturated carbocycles. The van der Waals surface area contributed by atoms with Crippen LogP contribution in [-0.2, 0) is 16.6 Å². The van der Waals surface area contributed by atoms with E-state index >= 15 is 0 Å². The molecule has 4 rings (SSSR count). The van der Waals surface area contributed by atoms with Gasteiger partial charge in [-0.15, -0.1) is 11.3 Å². The Morgan fingerprint density at radius 3 is 2.56 bits per heavy atom. The molecule has 0 spiro atoms. The van der Waals surface area contributed by atoms with Crippen LogP contribution in [0.4, 0.5) is 15.5 Å². The first-order valence-electron chi connectivity index (χ1n) is 11.8. The maximum atomic E-state index is 12.6. The number of aryl methyl sites for hydroxylation is 1. The Bertz CT molecular complexity index is 1110. The summed E-state index contributed by atoms with van der Waals surface area (Å²) in [6.07, 6.45) is 2.86. The van der Waals surface area contributed by atoms with Crippen molar-refractivity contribution in [1.82, 2.24) is 9.88 Å². The van der Waals surface area contributed by atoms with Gasteiger partial charge in [-0.1, -0.05) is 32.9 Å². The number of nitrogens with zero attached hydrogens (tertiary/aromatic N) is 2. The van der Waals surface area contributed by atoms with Crippen molar-refractivity contribution in [1.29, 1.82) is 0 Å². The van der Waals surface area contributed by atoms with Crippen LogP contribution in [0.15, 0.2) is 48.7 Å². The Balaban J connectivity index is 1.38. The van der Waals surface area contributed by atoms with Gasteiger partial charge in [-0.2, -0.15) is 0 Å². The van der Waals surface area contributed by atoms with Gasteiger partial charge in [0.2, 0.25) is 0 Å². The molecule has 180 valence electrons. The van der Waals surface area contributed by atoms with E-state index in [1.54, 1.807) is 11.3 Å². The highest BCUT2D eigenvalue weighted by molar-refractivity contribution is 7.16. The number of nitrogens with one attached hydrogen (secondary N) is 2. The third-order valence-corrected chi connectivity index (χ3v) is 7.43. The highest BCUT2D eigenvalue weighted by atomic mass is 32.1. The molecule has 2 aromatic heterocycles. The minimum Gasteiger partial charge on any atom is -0.379 e. The molecule has 3 aromatic rings. The maximum Gasteiger partial charge on any atom is 0.324 e. The standard InChI is InChI=1S/C27H34N4O2S/c1-19-5-7-22(29-26(32)30-25-10-9-24(34-25)27(2,3)4)17-23(19)20-6-8-21(28-18-20)11-12-31-13-15-33-16-14-31/h5-10,17-18H,11-16H2,1-4H3,(H2,29,30,32). The van der Waals surface area contributed by atoms with Gasteiger partial charge in [-0.05, 0) is 53.8 Å². The smallest absolute Gasteiger partial charge is 0.324 e. The Labute approximate surface area is 206 Å². The number of ether oxygens (including phenoxy) is 1. The van der Waals surface area contributed by atoms with Gasteiger partial charge < -0.3 is 10.1 Å². The van der Waals surface area contributed by atoms with Crippen molar-refractivity contribution in [3.05, 3.63) is 64.8 Å². The van der Waals surface area contributed by atoms with Crippen molar-refractivity contribution in [3.63, 3.8) is 0 Å². The second-order valence-corrected chi connectivity index (χ2v) is 10.8. The fourth-order valence-corrected chi connectivity index (χ4v) is 4.88. The highest BCUT2D eigenvalue weighted by Gasteiger charge is 2.17. The van der Waals surface area contributed by atoms with E-state index < -0.39 is 0 Å². The molecular weight excluding hydrogens is 444 g/mol. The highest BCUT2D eigenvalue weighted by Crippen LogP contribution is 2.32. The number of morpholine rings is 1. The molecule has 0 unspecified atom stereocenters. The summed E-state index contributed by atoms with van der Waals surface area (Å²) in [5.74, 6) is 0. The van der Waals surface area contributed by atoms with Crippen LogP contribution in [0.2, 0.25) is 0 Å². The zero-order chi connectivity index (χ0) is 24.1. The Hall–Kier alpha value is -2.74. The van der Waals surface area contributed by atoms with Gasteiger partial charge in [-0.3, -0.25) is 15.2 Å². The van der Waals surface area contributed by atoms with E-state index in [-0.39, 0.29) is 11.4 Å². The average Bonchev–Trinajstić information content (AvgIpc) is 3.29. The van der Waals surface area contributed by atoms with Crippen LogP contribution in [-0.4, -0.2) is 48.8 Å². The number of carbonyl (C=O) groups is 1. The Kier molecular flexibility index (Phi) is 7.66. The van der Waals surface area contributed by atoms with E-state index in [0.29, 0.717) is 0 Å². The number of rotatable bonds is 6. The van der Waals surface area contributed by atoms with Gasteiger partial charge in [0.25, 0.3) is 0 Å². The predicted octanol–water partition coefficient (Wildman–Crippen LogP) is 5.93. The van der Waals surface area contributed by atoms with Gasteiger partial charge in [0.05, 0.1) is 18.2 Å². The lowest BCUT2D eigenvalue weighted by Crippen LogP contribution is -2.37. The Morgan fingerprint density at radius 2 is 1.88 bits per heavy atom. The minimum atomic E-state index is -0.242. The number of hydrogen-bond donors (Lipinski definition) is 2. The number of thiophene rings is 1. The monoisotopic (exact) mass is 478 g/mol. The second kappa shape index (κ2) is 10.7. The van der Waals surface area contributed by atoms with E-state index in [2.05, 4.69) is 61.4 Å². The van der Waals surface area contributed by atoms with Crippen molar-refractivity contribution >= 4 is 28.1 Å². The van der Waals surface area contributed by atoms with Crippen molar-refractivity contribution in [2.45, 2.75) is 39.5 Å². The van der Waals surface area contributed by atoms with E-state index in [1.807, 2.05) is 30.5 Å². The molecule has 1 aromatic carbocycles. The SMILES string of the molecule is Cc1ccc(NC(=O)Nc2ccc(C(C)(C)C)s2)cc1-c1ccc(CCN2CCOCC2)nc1. The van der Waals surface area contributed by atoms with Crippen LogP contribution in [0.25, 0.3) is 11.1 Å². The molecule has 0 aliphatic carbocycles. The van der Waals surface area contributed by atoms with Gasteiger partial charge >= 0.3 is 6.03 Å². The predicted molar refractivity (Wildman–Crippen MR) is 141 cm³/mol. The summed E-state index contributed by atoms with van der Waals surface area (Å²) in [5.41, 5.74) is 5.16. The molecule has 7 heteroatoms. The van der Waals surface area contributed by atoms with Crippen LogP contribution in [0.5, 0.6) is 0 Å². The van der Waals surface area contributed by atoms with Crippen molar-refractivity contribution in [2.24, 2.45) is 0 Å². The molecule has 0 bridgehead atoms. The first-order chi connectivity index (χ1) is 16.3. The lowest BCUT2D eigenvalue weighted by Gasteiger charge is -2.26. The number of carbonyl (C=O) groups excluding carboxylic acids is 1. The van der Waals surface area contributed by atoms with Crippen molar-refractivity contribution < 1.29 is 9.53 Å². The Morgan fingerprint density at radius 1 is 1.09 bits per heavy atom. The molecule has 0 radical (unpaired) electrons. The molecule has 1 fully saturated rings. The molecular formula is C27H34N4O2S. The van der Waals surface area contributed by atoms with Gasteiger partial charge in [-0.25, -0.2) is 4.79 Å². The molecule has 34 heavy (non-hydrogen) atoms. The molecule has 2 N–H and O–H groups in total. The summed E-state index contributed by atoms with van der Waals surface area (Å²) in [6, 6.07) is 14.0. The zero-order valence-corrected chi connectivity index (χ0v) is 21.3. The molecule has 6 nitrogen and oxygen atoms in total. The average molecular weight is 479 g/mol. The van der Waals surface area contributed by atoms with E-state index in [0.717, 1.165) is 72.3 Å². The maximum absolute atomic E-state index is 12.6. The van der Waals surface area contributed by atoms with Crippen LogP contribution < -0.4 is 10.6 Å². The fraction of sp³-hybridized carbons (Fsp3) is 0.407. The molecule has 1 saturated heterocycles. The summed E-state index contributed by atoms with van der Waals surface area (Å²) in [5, 5.41) is 6.75. The van der Waals surface area contributed by atoms with Gasteiger partial charge in [0.1, 0.15) is 0 Å². The molecule has 0 atom stereocenters. The molecule has 2 amide bonds. The lowest BCUT2D eigenvalue weighted by molar-refractivity contribution is 0.0383. The summed E-state index contributed by atoms with van der Waals surface area (Å²) in [7, 11) is 0. The number of benzene rings is 1. The zero-order valence-electron chi connectivity index (χ0n) is 20.5. The summed E-state index contributed by atoms with van der Waals surface area (Å²) in [4.78, 5) is 20.9. The number of amides is 2. The number of aromatic nitrogens is 1. The number of hydrogen-bond acceptors (Lipinski definition) is 5. The third-order valence-electron chi connectivity index (χ3n) is 6.00. The van der Waals surface area contributed by atoms with Crippen LogP contribution in [0.3, 0.4) is 0 Å². The second-order valence-electron chi connectivity index (χ2n) is 9.76. The largest absolute Gasteiger partial charge is 0.379 e. The van der Waals surface area contributed by atoms with Crippen LogP contribution in [0, 0.1) is 6.92 Å².